The molecule has 0 radical (unpaired) electrons. The molecule has 196 valence electrons. The number of sulfonamides is 1. The second-order valence-electron chi connectivity index (χ2n) is 9.30. The zero-order valence-corrected chi connectivity index (χ0v) is 21.7. The number of rotatable bonds is 7. The second-order valence-corrected chi connectivity index (χ2v) is 11.3. The fraction of sp³-hybridized carbons (Fsp3) is 0.333. The quantitative estimate of drug-likeness (QED) is 0.506. The predicted molar refractivity (Wildman–Crippen MR) is 137 cm³/mol. The minimum absolute atomic E-state index is 0.0298. The lowest BCUT2D eigenvalue weighted by molar-refractivity contribution is 0.0373. The van der Waals surface area contributed by atoms with Crippen molar-refractivity contribution in [1.29, 1.82) is 0 Å². The standard InChI is InChI=1S/C27H30FN3O5S/c1-18-15-31(19(2)17-32)27(33)24-13-21(20-7-5-4-6-8-20)14-29-26(24)36-25(18)16-30(3)37(34,35)23-11-9-22(28)10-12-23/h4-14,18-19,25,32H,15-17H2,1-3H3/t18-,19+,25-/m0/s1. The van der Waals surface area contributed by atoms with Gasteiger partial charge in [-0.25, -0.2) is 17.8 Å². The number of aliphatic hydroxyl groups is 1. The molecule has 10 heteroatoms. The van der Waals surface area contributed by atoms with Crippen LogP contribution in [0, 0.1) is 11.7 Å². The molecule has 4 rings (SSSR count). The topological polar surface area (TPSA) is 100 Å². The number of carbonyl (C=O) groups excluding carboxylic acids is 1. The number of aromatic nitrogens is 1. The van der Waals surface area contributed by atoms with Crippen LogP contribution >= 0.6 is 0 Å². The van der Waals surface area contributed by atoms with Gasteiger partial charge in [0.15, 0.2) is 0 Å². The zero-order valence-electron chi connectivity index (χ0n) is 20.9. The van der Waals surface area contributed by atoms with E-state index in [1.54, 1.807) is 24.1 Å². The fourth-order valence-corrected chi connectivity index (χ4v) is 5.43. The normalized spacial score (nSPS) is 19.1. The molecule has 1 aliphatic rings. The van der Waals surface area contributed by atoms with Crippen LogP contribution < -0.4 is 4.74 Å². The minimum atomic E-state index is -3.92. The van der Waals surface area contributed by atoms with E-state index >= 15 is 0 Å². The molecular weight excluding hydrogens is 497 g/mol. The van der Waals surface area contributed by atoms with Gasteiger partial charge in [0.25, 0.3) is 5.91 Å². The first-order chi connectivity index (χ1) is 17.6. The van der Waals surface area contributed by atoms with Crippen LogP contribution in [-0.2, 0) is 10.0 Å². The van der Waals surface area contributed by atoms with Gasteiger partial charge in [-0.3, -0.25) is 4.79 Å². The lowest BCUT2D eigenvalue weighted by atomic mass is 9.99. The summed E-state index contributed by atoms with van der Waals surface area (Å²) in [4.78, 5) is 19.6. The second kappa shape index (κ2) is 11.0. The maximum Gasteiger partial charge on any atom is 0.259 e. The lowest BCUT2D eigenvalue weighted by Gasteiger charge is -2.37. The SMILES string of the molecule is C[C@H](CO)N1C[C@H](C)[C@H](CN(C)S(=O)(=O)c2ccc(F)cc2)Oc2ncc(-c3ccccc3)cc2C1=O. The predicted octanol–water partition coefficient (Wildman–Crippen LogP) is 3.43. The summed E-state index contributed by atoms with van der Waals surface area (Å²) in [6.45, 7) is 3.59. The van der Waals surface area contributed by atoms with Gasteiger partial charge >= 0.3 is 0 Å². The van der Waals surface area contributed by atoms with Gasteiger partial charge in [-0.15, -0.1) is 0 Å². The Balaban J connectivity index is 1.70. The van der Waals surface area contributed by atoms with Gasteiger partial charge in [0.2, 0.25) is 15.9 Å². The van der Waals surface area contributed by atoms with E-state index in [-0.39, 0.29) is 47.9 Å². The van der Waals surface area contributed by atoms with E-state index in [2.05, 4.69) is 4.98 Å². The number of aliphatic hydroxyl groups excluding tert-OH is 1. The molecule has 0 fully saturated rings. The first-order valence-electron chi connectivity index (χ1n) is 12.0. The molecule has 3 aromatic rings. The molecule has 3 atom stereocenters. The van der Waals surface area contributed by atoms with E-state index in [0.29, 0.717) is 0 Å². The van der Waals surface area contributed by atoms with Crippen LogP contribution in [0.3, 0.4) is 0 Å². The van der Waals surface area contributed by atoms with Crippen molar-refractivity contribution in [2.45, 2.75) is 30.9 Å². The van der Waals surface area contributed by atoms with E-state index < -0.39 is 28.0 Å². The molecular formula is C27H30FN3O5S. The van der Waals surface area contributed by atoms with Crippen LogP contribution in [0.25, 0.3) is 11.1 Å². The molecule has 0 unspecified atom stereocenters. The summed E-state index contributed by atoms with van der Waals surface area (Å²) in [7, 11) is -2.49. The van der Waals surface area contributed by atoms with Gasteiger partial charge < -0.3 is 14.7 Å². The number of benzene rings is 2. The average molecular weight is 528 g/mol. The van der Waals surface area contributed by atoms with Crippen molar-refractivity contribution >= 4 is 15.9 Å². The summed E-state index contributed by atoms with van der Waals surface area (Å²) >= 11 is 0. The van der Waals surface area contributed by atoms with Gasteiger partial charge in [-0.1, -0.05) is 37.3 Å². The van der Waals surface area contributed by atoms with Crippen LogP contribution in [0.1, 0.15) is 24.2 Å². The van der Waals surface area contributed by atoms with E-state index in [9.17, 15) is 22.7 Å². The van der Waals surface area contributed by atoms with Gasteiger partial charge in [0, 0.05) is 31.3 Å². The number of halogens is 1. The Hall–Kier alpha value is -3.34. The van der Waals surface area contributed by atoms with Crippen molar-refractivity contribution in [1.82, 2.24) is 14.2 Å². The molecule has 0 saturated carbocycles. The third kappa shape index (κ3) is 5.66. The number of amides is 1. The van der Waals surface area contributed by atoms with E-state index in [4.69, 9.17) is 4.74 Å². The first-order valence-corrected chi connectivity index (χ1v) is 13.4. The molecule has 8 nitrogen and oxygen atoms in total. The third-order valence-corrected chi connectivity index (χ3v) is 8.42. The largest absolute Gasteiger partial charge is 0.472 e. The molecule has 2 aromatic carbocycles. The van der Waals surface area contributed by atoms with Crippen LogP contribution in [0.2, 0.25) is 0 Å². The Morgan fingerprint density at radius 3 is 2.49 bits per heavy atom. The number of hydrogen-bond acceptors (Lipinski definition) is 6. The highest BCUT2D eigenvalue weighted by Crippen LogP contribution is 2.30. The monoisotopic (exact) mass is 527 g/mol. The number of likely N-dealkylation sites (N-methyl/N-ethyl adjacent to an activating group) is 1. The number of ether oxygens (including phenoxy) is 1. The van der Waals surface area contributed by atoms with Gasteiger partial charge in [0.1, 0.15) is 17.5 Å². The van der Waals surface area contributed by atoms with Crippen molar-refractivity contribution in [2.75, 3.05) is 26.7 Å². The summed E-state index contributed by atoms with van der Waals surface area (Å²) in [6.07, 6.45) is 0.958. The highest BCUT2D eigenvalue weighted by atomic mass is 32.2. The molecule has 0 aliphatic carbocycles. The molecule has 1 N–H and O–H groups in total. The molecule has 37 heavy (non-hydrogen) atoms. The van der Waals surface area contributed by atoms with Crippen LogP contribution in [0.5, 0.6) is 5.88 Å². The van der Waals surface area contributed by atoms with Crippen molar-refractivity contribution in [3.63, 3.8) is 0 Å². The van der Waals surface area contributed by atoms with Crippen LogP contribution in [0.15, 0.2) is 71.8 Å². The fourth-order valence-electron chi connectivity index (χ4n) is 4.25. The molecule has 2 heterocycles. The number of pyridine rings is 1. The summed E-state index contributed by atoms with van der Waals surface area (Å²) in [5, 5.41) is 9.84. The summed E-state index contributed by atoms with van der Waals surface area (Å²) in [5.74, 6) is -1.05. The number of fused-ring (bicyclic) bond motifs is 1. The molecule has 1 amide bonds. The molecule has 0 bridgehead atoms. The summed E-state index contributed by atoms with van der Waals surface area (Å²) in [6, 6.07) is 15.4. The van der Waals surface area contributed by atoms with Crippen molar-refractivity contribution in [3.8, 4) is 17.0 Å². The average Bonchev–Trinajstić information content (AvgIpc) is 2.90. The lowest BCUT2D eigenvalue weighted by Crippen LogP contribution is -2.50. The summed E-state index contributed by atoms with van der Waals surface area (Å²) < 4.78 is 47.0. The van der Waals surface area contributed by atoms with Gasteiger partial charge in [-0.2, -0.15) is 4.31 Å². The maximum atomic E-state index is 13.6. The minimum Gasteiger partial charge on any atom is -0.472 e. The highest BCUT2D eigenvalue weighted by molar-refractivity contribution is 7.89. The highest BCUT2D eigenvalue weighted by Gasteiger charge is 2.36. The Morgan fingerprint density at radius 2 is 1.84 bits per heavy atom. The molecule has 1 aromatic heterocycles. The number of nitrogens with zero attached hydrogens (tertiary/aromatic N) is 3. The van der Waals surface area contributed by atoms with E-state index in [1.165, 1.54) is 19.2 Å². The number of hydrogen-bond donors (Lipinski definition) is 1. The van der Waals surface area contributed by atoms with Crippen molar-refractivity contribution in [3.05, 3.63) is 78.2 Å². The Morgan fingerprint density at radius 1 is 1.16 bits per heavy atom. The van der Waals surface area contributed by atoms with Crippen molar-refractivity contribution < 1.29 is 27.4 Å². The smallest absolute Gasteiger partial charge is 0.259 e. The van der Waals surface area contributed by atoms with E-state index in [1.807, 2.05) is 37.3 Å². The summed E-state index contributed by atoms with van der Waals surface area (Å²) in [5.41, 5.74) is 1.85. The van der Waals surface area contributed by atoms with Gasteiger partial charge in [-0.05, 0) is 42.8 Å². The molecule has 0 saturated heterocycles. The van der Waals surface area contributed by atoms with E-state index in [0.717, 1.165) is 27.6 Å². The zero-order chi connectivity index (χ0) is 26.7. The molecule has 1 aliphatic heterocycles. The Labute approximate surface area is 216 Å². The van der Waals surface area contributed by atoms with Crippen LogP contribution in [0.4, 0.5) is 4.39 Å². The van der Waals surface area contributed by atoms with Crippen molar-refractivity contribution in [2.24, 2.45) is 5.92 Å². The Bertz CT molecular complexity index is 1350. The molecule has 0 spiro atoms. The Kier molecular flexibility index (Phi) is 7.91. The van der Waals surface area contributed by atoms with Crippen LogP contribution in [-0.4, -0.2) is 72.5 Å². The number of carbonyl (C=O) groups is 1. The first kappa shape index (κ1) is 26.7. The maximum absolute atomic E-state index is 13.6. The third-order valence-electron chi connectivity index (χ3n) is 6.59. The van der Waals surface area contributed by atoms with Gasteiger partial charge in [0.05, 0.1) is 24.1 Å².